The molecule has 0 bridgehead atoms. The Morgan fingerprint density at radius 1 is 1.08 bits per heavy atom. The van der Waals surface area contributed by atoms with Gasteiger partial charge in [0.1, 0.15) is 5.75 Å². The lowest BCUT2D eigenvalue weighted by atomic mass is 10.2. The molecular weight excluding hydrogens is 460 g/mol. The number of amides is 2. The summed E-state index contributed by atoms with van der Waals surface area (Å²) < 4.78 is 12.5. The second-order valence-corrected chi connectivity index (χ2v) is 8.45. The van der Waals surface area contributed by atoms with Gasteiger partial charge in [-0.05, 0) is 62.4 Å². The average Bonchev–Trinajstić information content (AvgIpc) is 3.32. The Morgan fingerprint density at radius 3 is 2.42 bits per heavy atom. The molecule has 2 aromatic heterocycles. The summed E-state index contributed by atoms with van der Waals surface area (Å²) in [5, 5.41) is 14.3. The van der Waals surface area contributed by atoms with E-state index in [4.69, 9.17) is 19.4 Å². The first-order chi connectivity index (χ1) is 17.6. The van der Waals surface area contributed by atoms with Crippen LogP contribution < -0.4 is 20.3 Å². The van der Waals surface area contributed by atoms with Gasteiger partial charge in [-0.1, -0.05) is 5.21 Å². The molecule has 11 nitrogen and oxygen atoms in total. The van der Waals surface area contributed by atoms with Gasteiger partial charge in [0.15, 0.2) is 22.8 Å². The number of hydrogen-bond donors (Lipinski definition) is 2. The number of anilines is 3. The maximum atomic E-state index is 12.4. The van der Waals surface area contributed by atoms with Crippen molar-refractivity contribution in [2.75, 3.05) is 42.4 Å². The number of rotatable bonds is 6. The summed E-state index contributed by atoms with van der Waals surface area (Å²) in [6.45, 7) is 6.74. The molecule has 0 spiro atoms. The fourth-order valence-electron chi connectivity index (χ4n) is 4.10. The molecule has 186 valence electrons. The van der Waals surface area contributed by atoms with Crippen LogP contribution in [0, 0.1) is 0 Å². The Hall–Kier alpha value is -4.25. The summed E-state index contributed by atoms with van der Waals surface area (Å²) in [6.07, 6.45) is 0. The molecule has 1 aliphatic heterocycles. The Morgan fingerprint density at radius 2 is 1.78 bits per heavy atom. The van der Waals surface area contributed by atoms with E-state index in [1.165, 1.54) is 0 Å². The van der Waals surface area contributed by atoms with Gasteiger partial charge < -0.3 is 25.0 Å². The molecule has 36 heavy (non-hydrogen) atoms. The maximum absolute atomic E-state index is 12.4. The van der Waals surface area contributed by atoms with E-state index in [1.54, 1.807) is 36.1 Å². The van der Waals surface area contributed by atoms with E-state index in [-0.39, 0.29) is 12.1 Å². The number of carbonyl (C=O) groups excluding carboxylic acids is 1. The Labute approximate surface area is 208 Å². The lowest BCUT2D eigenvalue weighted by molar-refractivity contribution is 0.0987. The number of ether oxygens (including phenoxy) is 2. The summed E-state index contributed by atoms with van der Waals surface area (Å²) in [4.78, 5) is 24.3. The molecule has 11 heteroatoms. The van der Waals surface area contributed by atoms with Crippen molar-refractivity contribution in [2.45, 2.75) is 26.4 Å². The molecule has 1 atom stereocenters. The van der Waals surface area contributed by atoms with E-state index in [1.807, 2.05) is 31.2 Å². The number of hydrogen-bond acceptors (Lipinski definition) is 8. The van der Waals surface area contributed by atoms with Gasteiger partial charge in [0.05, 0.1) is 26.4 Å². The third-order valence-electron chi connectivity index (χ3n) is 6.03. The predicted octanol–water partition coefficient (Wildman–Crippen LogP) is 3.79. The first kappa shape index (κ1) is 23.5. The van der Waals surface area contributed by atoms with E-state index in [9.17, 15) is 4.79 Å². The van der Waals surface area contributed by atoms with Crippen molar-refractivity contribution in [3.63, 3.8) is 0 Å². The van der Waals surface area contributed by atoms with Gasteiger partial charge in [0.25, 0.3) is 0 Å². The smallest absolute Gasteiger partial charge is 0.323 e. The molecule has 1 saturated heterocycles. The minimum Gasteiger partial charge on any atom is -0.497 e. The molecule has 0 radical (unpaired) electrons. The summed E-state index contributed by atoms with van der Waals surface area (Å²) in [6, 6.07) is 14.4. The molecular formula is C25H28N8O3. The average molecular weight is 489 g/mol. The van der Waals surface area contributed by atoms with E-state index < -0.39 is 0 Å². The monoisotopic (exact) mass is 488 g/mol. The lowest BCUT2D eigenvalue weighted by Crippen LogP contribution is -2.44. The summed E-state index contributed by atoms with van der Waals surface area (Å²) >= 11 is 0. The van der Waals surface area contributed by atoms with Crippen molar-refractivity contribution in [2.24, 2.45) is 0 Å². The quantitative estimate of drug-likeness (QED) is 0.421. The molecule has 4 aromatic rings. The minimum absolute atomic E-state index is 0.160. The third kappa shape index (κ3) is 4.78. The zero-order valence-electron chi connectivity index (χ0n) is 20.4. The number of aromatic nitrogens is 5. The molecule has 0 aliphatic carbocycles. The van der Waals surface area contributed by atoms with E-state index in [2.05, 4.69) is 32.8 Å². The van der Waals surface area contributed by atoms with E-state index in [0.29, 0.717) is 48.1 Å². The molecule has 3 heterocycles. The SMILES string of the molecule is CCn1nnc2c(N3CCOC[C@@H]3C)nc(-c3ccc(NC(=O)Nc4ccc(OC)cc4)cc3)nc21. The number of benzene rings is 2. The molecule has 0 unspecified atom stereocenters. The van der Waals surface area contributed by atoms with Gasteiger partial charge in [0, 0.05) is 30.0 Å². The Bertz CT molecular complexity index is 1350. The summed E-state index contributed by atoms with van der Waals surface area (Å²) in [7, 11) is 1.60. The van der Waals surface area contributed by atoms with Crippen molar-refractivity contribution in [3.8, 4) is 17.1 Å². The number of morpholine rings is 1. The Balaban J connectivity index is 1.38. The minimum atomic E-state index is -0.341. The van der Waals surface area contributed by atoms with Gasteiger partial charge in [-0.2, -0.15) is 0 Å². The van der Waals surface area contributed by atoms with Crippen LogP contribution in [-0.4, -0.2) is 63.9 Å². The second-order valence-electron chi connectivity index (χ2n) is 8.45. The second kappa shape index (κ2) is 10.2. The topological polar surface area (TPSA) is 119 Å². The number of urea groups is 1. The van der Waals surface area contributed by atoms with Gasteiger partial charge in [-0.25, -0.2) is 19.4 Å². The van der Waals surface area contributed by atoms with Gasteiger partial charge in [-0.3, -0.25) is 0 Å². The predicted molar refractivity (Wildman–Crippen MR) is 137 cm³/mol. The number of fused-ring (bicyclic) bond motifs is 1. The highest BCUT2D eigenvalue weighted by Gasteiger charge is 2.26. The highest BCUT2D eigenvalue weighted by Crippen LogP contribution is 2.29. The molecule has 1 fully saturated rings. The summed E-state index contributed by atoms with van der Waals surface area (Å²) in [5.74, 6) is 2.05. The van der Waals surface area contributed by atoms with Crippen LogP contribution in [0.3, 0.4) is 0 Å². The molecule has 0 saturated carbocycles. The lowest BCUT2D eigenvalue weighted by Gasteiger charge is -2.34. The third-order valence-corrected chi connectivity index (χ3v) is 6.03. The first-order valence-corrected chi connectivity index (χ1v) is 11.8. The Kier molecular flexibility index (Phi) is 6.63. The number of methoxy groups -OCH3 is 1. The van der Waals surface area contributed by atoms with E-state index in [0.717, 1.165) is 23.7 Å². The molecule has 2 N–H and O–H groups in total. The summed E-state index contributed by atoms with van der Waals surface area (Å²) in [5.41, 5.74) is 3.51. The number of nitrogens with one attached hydrogen (secondary N) is 2. The van der Waals surface area contributed by atoms with Crippen molar-refractivity contribution >= 4 is 34.4 Å². The molecule has 2 amide bonds. The van der Waals surface area contributed by atoms with Crippen LogP contribution in [0.5, 0.6) is 5.75 Å². The largest absolute Gasteiger partial charge is 0.497 e. The fraction of sp³-hybridized carbons (Fsp3) is 0.320. The maximum Gasteiger partial charge on any atom is 0.323 e. The molecule has 2 aromatic carbocycles. The van der Waals surface area contributed by atoms with Crippen LogP contribution in [0.1, 0.15) is 13.8 Å². The van der Waals surface area contributed by atoms with Crippen LogP contribution in [0.2, 0.25) is 0 Å². The van der Waals surface area contributed by atoms with Crippen LogP contribution >= 0.6 is 0 Å². The van der Waals surface area contributed by atoms with Crippen LogP contribution in [0.4, 0.5) is 22.0 Å². The van der Waals surface area contributed by atoms with Gasteiger partial charge >= 0.3 is 6.03 Å². The zero-order valence-corrected chi connectivity index (χ0v) is 20.4. The van der Waals surface area contributed by atoms with Crippen LogP contribution in [-0.2, 0) is 11.3 Å². The highest BCUT2D eigenvalue weighted by molar-refractivity contribution is 5.99. The van der Waals surface area contributed by atoms with Gasteiger partial charge in [0.2, 0.25) is 0 Å². The van der Waals surface area contributed by atoms with Gasteiger partial charge in [-0.15, -0.1) is 5.10 Å². The molecule has 1 aliphatic rings. The zero-order chi connectivity index (χ0) is 25.1. The van der Waals surface area contributed by atoms with Crippen molar-refractivity contribution in [1.29, 1.82) is 0 Å². The van der Waals surface area contributed by atoms with Crippen molar-refractivity contribution in [1.82, 2.24) is 25.0 Å². The van der Waals surface area contributed by atoms with Crippen LogP contribution in [0.25, 0.3) is 22.6 Å². The standard InChI is InChI=1S/C25H28N8O3/c1-4-33-24-21(30-31-33)23(32-13-14-36-15-16(32)2)28-22(29-24)17-5-7-18(8-6-17)26-25(34)27-19-9-11-20(35-3)12-10-19/h5-12,16H,4,13-15H2,1-3H3,(H2,26,27,34)/t16-/m0/s1. The number of aryl methyl sites for hydroxylation is 1. The first-order valence-electron chi connectivity index (χ1n) is 11.8. The normalized spacial score (nSPS) is 15.6. The number of nitrogens with zero attached hydrogens (tertiary/aromatic N) is 6. The highest BCUT2D eigenvalue weighted by atomic mass is 16.5. The fourth-order valence-corrected chi connectivity index (χ4v) is 4.10. The van der Waals surface area contributed by atoms with E-state index >= 15 is 0 Å². The number of carbonyl (C=O) groups is 1. The van der Waals surface area contributed by atoms with Crippen molar-refractivity contribution < 1.29 is 14.3 Å². The molecule has 5 rings (SSSR count). The van der Waals surface area contributed by atoms with Crippen molar-refractivity contribution in [3.05, 3.63) is 48.5 Å². The van der Waals surface area contributed by atoms with Crippen LogP contribution in [0.15, 0.2) is 48.5 Å².